The van der Waals surface area contributed by atoms with Crippen LogP contribution in [0, 0.1) is 16.0 Å². The monoisotopic (exact) mass is 439 g/mol. The number of carbonyl (C=O) groups is 1. The molecule has 8 heteroatoms. The number of carbonyl (C=O) groups excluding carboxylic acids is 1. The Labute approximate surface area is 185 Å². The molecule has 0 radical (unpaired) electrons. The first kappa shape index (κ1) is 21.1. The van der Waals surface area contributed by atoms with Gasteiger partial charge in [-0.2, -0.15) is 0 Å². The number of amides is 1. The number of hydrogen-bond donors (Lipinski definition) is 0. The molecule has 0 unspecified atom stereocenters. The second kappa shape index (κ2) is 9.34. The Hall–Kier alpha value is -3.13. The minimum absolute atomic E-state index is 0.0190. The fourth-order valence-electron chi connectivity index (χ4n) is 3.88. The van der Waals surface area contributed by atoms with Crippen molar-refractivity contribution in [1.29, 1.82) is 0 Å². The number of piperidine rings is 1. The topological polar surface area (TPSA) is 79.8 Å². The Bertz CT molecular complexity index is 989. The molecule has 1 saturated heterocycles. The summed E-state index contributed by atoms with van der Waals surface area (Å²) in [6.07, 6.45) is 3.59. The van der Waals surface area contributed by atoms with E-state index in [1.807, 2.05) is 23.6 Å². The SMILES string of the molecule is CC1CCN(c2ccc(C(=O)N(Cc3ccco3)Cc3cccs3)cc2[N+](=O)[O-])CC1. The molecule has 1 amide bonds. The van der Waals surface area contributed by atoms with Gasteiger partial charge in [0.1, 0.15) is 11.4 Å². The molecule has 0 saturated carbocycles. The zero-order valence-electron chi connectivity index (χ0n) is 17.4. The highest BCUT2D eigenvalue weighted by molar-refractivity contribution is 7.09. The molecular weight excluding hydrogens is 414 g/mol. The molecule has 0 spiro atoms. The minimum atomic E-state index is -0.389. The van der Waals surface area contributed by atoms with Gasteiger partial charge in [0.2, 0.25) is 0 Å². The third-order valence-electron chi connectivity index (χ3n) is 5.68. The normalized spacial score (nSPS) is 14.5. The van der Waals surface area contributed by atoms with Gasteiger partial charge in [-0.3, -0.25) is 14.9 Å². The molecule has 0 bridgehead atoms. The number of furan rings is 1. The summed E-state index contributed by atoms with van der Waals surface area (Å²) < 4.78 is 5.43. The quantitative estimate of drug-likeness (QED) is 0.367. The van der Waals surface area contributed by atoms with Gasteiger partial charge in [0.15, 0.2) is 0 Å². The average Bonchev–Trinajstić information content (AvgIpc) is 3.47. The molecule has 31 heavy (non-hydrogen) atoms. The van der Waals surface area contributed by atoms with Crippen molar-refractivity contribution in [2.45, 2.75) is 32.9 Å². The highest BCUT2D eigenvalue weighted by Gasteiger charge is 2.26. The van der Waals surface area contributed by atoms with E-state index in [4.69, 9.17) is 4.42 Å². The zero-order chi connectivity index (χ0) is 21.8. The largest absolute Gasteiger partial charge is 0.467 e. The molecular formula is C23H25N3O4S. The predicted molar refractivity (Wildman–Crippen MR) is 120 cm³/mol. The van der Waals surface area contributed by atoms with Gasteiger partial charge >= 0.3 is 0 Å². The highest BCUT2D eigenvalue weighted by atomic mass is 32.1. The lowest BCUT2D eigenvalue weighted by molar-refractivity contribution is -0.384. The van der Waals surface area contributed by atoms with Crippen molar-refractivity contribution in [2.75, 3.05) is 18.0 Å². The van der Waals surface area contributed by atoms with Crippen LogP contribution in [-0.2, 0) is 13.1 Å². The average molecular weight is 440 g/mol. The lowest BCUT2D eigenvalue weighted by atomic mass is 9.98. The molecule has 4 rings (SSSR count). The highest BCUT2D eigenvalue weighted by Crippen LogP contribution is 2.33. The summed E-state index contributed by atoms with van der Waals surface area (Å²) in [4.78, 5) is 29.5. The third-order valence-corrected chi connectivity index (χ3v) is 6.55. The van der Waals surface area contributed by atoms with E-state index >= 15 is 0 Å². The van der Waals surface area contributed by atoms with Crippen molar-refractivity contribution in [3.8, 4) is 0 Å². The minimum Gasteiger partial charge on any atom is -0.467 e. The number of anilines is 1. The summed E-state index contributed by atoms with van der Waals surface area (Å²) in [7, 11) is 0. The Morgan fingerprint density at radius 3 is 2.68 bits per heavy atom. The maximum absolute atomic E-state index is 13.4. The first-order chi connectivity index (χ1) is 15.0. The Balaban J connectivity index is 1.61. The molecule has 2 aromatic heterocycles. The summed E-state index contributed by atoms with van der Waals surface area (Å²) in [5.41, 5.74) is 0.878. The summed E-state index contributed by atoms with van der Waals surface area (Å²) in [5, 5.41) is 13.8. The van der Waals surface area contributed by atoms with Crippen LogP contribution < -0.4 is 4.90 Å². The van der Waals surface area contributed by atoms with E-state index < -0.39 is 0 Å². The number of nitro groups is 1. The maximum atomic E-state index is 13.4. The van der Waals surface area contributed by atoms with Crippen LogP contribution in [0.25, 0.3) is 0 Å². The van der Waals surface area contributed by atoms with Gasteiger partial charge in [-0.1, -0.05) is 13.0 Å². The second-order valence-corrected chi connectivity index (χ2v) is 8.98. The number of nitro benzene ring substituents is 1. The second-order valence-electron chi connectivity index (χ2n) is 7.95. The van der Waals surface area contributed by atoms with Crippen LogP contribution >= 0.6 is 11.3 Å². The van der Waals surface area contributed by atoms with Crippen molar-refractivity contribution in [2.24, 2.45) is 5.92 Å². The van der Waals surface area contributed by atoms with Gasteiger partial charge in [0.05, 0.1) is 24.3 Å². The van der Waals surface area contributed by atoms with Crippen molar-refractivity contribution >= 4 is 28.6 Å². The third kappa shape index (κ3) is 4.96. The lowest BCUT2D eigenvalue weighted by Crippen LogP contribution is -2.33. The molecule has 0 N–H and O–H groups in total. The van der Waals surface area contributed by atoms with E-state index in [1.165, 1.54) is 6.07 Å². The summed E-state index contributed by atoms with van der Waals surface area (Å²) in [6.45, 7) is 4.49. The Kier molecular flexibility index (Phi) is 6.36. The number of nitrogens with zero attached hydrogens (tertiary/aromatic N) is 3. The first-order valence-electron chi connectivity index (χ1n) is 10.4. The molecule has 1 aliphatic rings. The van der Waals surface area contributed by atoms with Gasteiger partial charge in [-0.05, 0) is 54.5 Å². The summed E-state index contributed by atoms with van der Waals surface area (Å²) >= 11 is 1.57. The van der Waals surface area contributed by atoms with E-state index in [0.29, 0.717) is 36.0 Å². The summed E-state index contributed by atoms with van der Waals surface area (Å²) in [6, 6.07) is 12.3. The van der Waals surface area contributed by atoms with Crippen molar-refractivity contribution < 1.29 is 14.1 Å². The van der Waals surface area contributed by atoms with Crippen LogP contribution in [0.15, 0.2) is 58.5 Å². The standard InChI is InChI=1S/C23H25N3O4S/c1-17-8-10-24(11-9-17)21-7-6-18(14-22(21)26(28)29)23(27)25(15-19-4-2-12-30-19)16-20-5-3-13-31-20/h2-7,12-14,17H,8-11,15-16H2,1H3. The van der Waals surface area contributed by atoms with Crippen LogP contribution in [0.4, 0.5) is 11.4 Å². The van der Waals surface area contributed by atoms with Crippen molar-refractivity contribution in [3.63, 3.8) is 0 Å². The zero-order valence-corrected chi connectivity index (χ0v) is 18.2. The predicted octanol–water partition coefficient (Wildman–Crippen LogP) is 5.33. The van der Waals surface area contributed by atoms with E-state index in [2.05, 4.69) is 11.8 Å². The van der Waals surface area contributed by atoms with Gasteiger partial charge in [0, 0.05) is 29.6 Å². The van der Waals surface area contributed by atoms with E-state index in [0.717, 1.165) is 30.8 Å². The number of rotatable bonds is 7. The smallest absolute Gasteiger partial charge is 0.293 e. The molecule has 0 atom stereocenters. The molecule has 162 valence electrons. The fourth-order valence-corrected chi connectivity index (χ4v) is 4.60. The van der Waals surface area contributed by atoms with Gasteiger partial charge in [-0.15, -0.1) is 11.3 Å². The number of hydrogen-bond acceptors (Lipinski definition) is 6. The molecule has 1 aliphatic heterocycles. The first-order valence-corrected chi connectivity index (χ1v) is 11.3. The fraction of sp³-hybridized carbons (Fsp3) is 0.348. The molecule has 3 heterocycles. The number of thiophene rings is 1. The molecule has 3 aromatic rings. The van der Waals surface area contributed by atoms with Gasteiger partial charge in [-0.25, -0.2) is 0 Å². The van der Waals surface area contributed by atoms with Gasteiger partial charge < -0.3 is 14.2 Å². The van der Waals surface area contributed by atoms with Crippen molar-refractivity contribution in [3.05, 3.63) is 80.4 Å². The Morgan fingerprint density at radius 2 is 2.03 bits per heavy atom. The molecule has 7 nitrogen and oxygen atoms in total. The van der Waals surface area contributed by atoms with Crippen LogP contribution in [0.5, 0.6) is 0 Å². The molecule has 1 fully saturated rings. The van der Waals surface area contributed by atoms with E-state index in [9.17, 15) is 14.9 Å². The van der Waals surface area contributed by atoms with Gasteiger partial charge in [0.25, 0.3) is 11.6 Å². The summed E-state index contributed by atoms with van der Waals surface area (Å²) in [5.74, 6) is 1.04. The van der Waals surface area contributed by atoms with Crippen LogP contribution in [-0.4, -0.2) is 28.8 Å². The molecule has 0 aliphatic carbocycles. The molecule has 1 aromatic carbocycles. The van der Waals surface area contributed by atoms with Crippen LogP contribution in [0.2, 0.25) is 0 Å². The number of benzene rings is 1. The van der Waals surface area contributed by atoms with E-state index in [-0.39, 0.29) is 16.5 Å². The maximum Gasteiger partial charge on any atom is 0.293 e. The van der Waals surface area contributed by atoms with E-state index in [1.54, 1.807) is 40.7 Å². The Morgan fingerprint density at radius 1 is 1.23 bits per heavy atom. The van der Waals surface area contributed by atoms with Crippen LogP contribution in [0.1, 0.15) is 40.8 Å². The lowest BCUT2D eigenvalue weighted by Gasteiger charge is -2.31. The van der Waals surface area contributed by atoms with Crippen LogP contribution in [0.3, 0.4) is 0 Å². The van der Waals surface area contributed by atoms with Crippen molar-refractivity contribution in [1.82, 2.24) is 4.90 Å².